The molecule has 3 aromatic rings. The van der Waals surface area contributed by atoms with Gasteiger partial charge in [-0.1, -0.05) is 41.6 Å². The molecule has 0 bridgehead atoms. The second-order valence-electron chi connectivity index (χ2n) is 6.00. The van der Waals surface area contributed by atoms with Crippen LogP contribution in [0, 0.1) is 11.6 Å². The number of amides is 1. The number of carbonyl (C=O) groups is 1. The fourth-order valence-electron chi connectivity index (χ4n) is 2.50. The standard InChI is InChI=1S/C19H18F2N4O2/c1-24(10-14-6-3-2-4-7-14)19(26)27-13-15-11-25(23-22-15)12-16-17(20)8-5-9-18(16)21/h2-9,11H,10,12-13H2,1H3. The third-order valence-electron chi connectivity index (χ3n) is 3.89. The summed E-state index contributed by atoms with van der Waals surface area (Å²) >= 11 is 0. The first-order chi connectivity index (χ1) is 13.0. The molecule has 0 radical (unpaired) electrons. The number of ether oxygens (including phenoxy) is 1. The number of hydrogen-bond acceptors (Lipinski definition) is 4. The number of carbonyl (C=O) groups excluding carboxylic acids is 1. The van der Waals surface area contributed by atoms with E-state index in [9.17, 15) is 13.6 Å². The van der Waals surface area contributed by atoms with Crippen molar-refractivity contribution in [1.29, 1.82) is 0 Å². The Bertz CT molecular complexity index is 895. The molecule has 0 atom stereocenters. The van der Waals surface area contributed by atoms with E-state index in [1.807, 2.05) is 30.3 Å². The lowest BCUT2D eigenvalue weighted by atomic mass is 10.2. The zero-order valence-electron chi connectivity index (χ0n) is 14.7. The van der Waals surface area contributed by atoms with Crippen molar-refractivity contribution in [1.82, 2.24) is 19.9 Å². The van der Waals surface area contributed by atoms with Gasteiger partial charge in [0.05, 0.1) is 12.7 Å². The summed E-state index contributed by atoms with van der Waals surface area (Å²) in [5.41, 5.74) is 1.26. The molecule has 0 aliphatic carbocycles. The molecule has 27 heavy (non-hydrogen) atoms. The zero-order chi connectivity index (χ0) is 19.2. The Kier molecular flexibility index (Phi) is 5.75. The van der Waals surface area contributed by atoms with Gasteiger partial charge in [-0.3, -0.25) is 0 Å². The van der Waals surface area contributed by atoms with E-state index >= 15 is 0 Å². The van der Waals surface area contributed by atoms with Gasteiger partial charge in [0, 0.05) is 19.2 Å². The van der Waals surface area contributed by atoms with Crippen molar-refractivity contribution in [3.05, 3.63) is 83.2 Å². The van der Waals surface area contributed by atoms with Gasteiger partial charge in [0.2, 0.25) is 0 Å². The molecule has 0 fully saturated rings. The summed E-state index contributed by atoms with van der Waals surface area (Å²) in [6.07, 6.45) is 0.977. The van der Waals surface area contributed by atoms with Crippen molar-refractivity contribution >= 4 is 6.09 Å². The Morgan fingerprint density at radius 2 is 1.81 bits per heavy atom. The van der Waals surface area contributed by atoms with Crippen molar-refractivity contribution in [2.75, 3.05) is 7.05 Å². The Labute approximate surface area is 155 Å². The molecule has 0 saturated heterocycles. The summed E-state index contributed by atoms with van der Waals surface area (Å²) in [6.45, 7) is 0.226. The predicted octanol–water partition coefficient (Wildman–Crippen LogP) is 3.37. The second-order valence-corrected chi connectivity index (χ2v) is 6.00. The van der Waals surface area contributed by atoms with Gasteiger partial charge in [-0.25, -0.2) is 18.3 Å². The minimum atomic E-state index is -0.652. The average Bonchev–Trinajstić information content (AvgIpc) is 3.11. The molecule has 2 aromatic carbocycles. The van der Waals surface area contributed by atoms with Gasteiger partial charge >= 0.3 is 6.09 Å². The summed E-state index contributed by atoms with van der Waals surface area (Å²) in [5, 5.41) is 7.67. The number of rotatable bonds is 6. The van der Waals surface area contributed by atoms with Crippen molar-refractivity contribution in [2.45, 2.75) is 19.7 Å². The SMILES string of the molecule is CN(Cc1ccccc1)C(=O)OCc1cn(Cc2c(F)cccc2F)nn1. The molecule has 1 heterocycles. The van der Waals surface area contributed by atoms with Crippen LogP contribution in [0.1, 0.15) is 16.8 Å². The van der Waals surface area contributed by atoms with Crippen molar-refractivity contribution in [2.24, 2.45) is 0 Å². The topological polar surface area (TPSA) is 60.2 Å². The lowest BCUT2D eigenvalue weighted by Gasteiger charge is -2.16. The maximum atomic E-state index is 13.7. The van der Waals surface area contributed by atoms with E-state index in [1.54, 1.807) is 7.05 Å². The lowest BCUT2D eigenvalue weighted by Crippen LogP contribution is -2.26. The van der Waals surface area contributed by atoms with E-state index in [2.05, 4.69) is 10.3 Å². The minimum Gasteiger partial charge on any atom is -0.443 e. The maximum Gasteiger partial charge on any atom is 0.410 e. The number of hydrogen-bond donors (Lipinski definition) is 0. The highest BCUT2D eigenvalue weighted by Crippen LogP contribution is 2.13. The first-order valence-corrected chi connectivity index (χ1v) is 8.26. The van der Waals surface area contributed by atoms with Crippen LogP contribution >= 0.6 is 0 Å². The highest BCUT2D eigenvalue weighted by molar-refractivity contribution is 5.67. The summed E-state index contributed by atoms with van der Waals surface area (Å²) in [7, 11) is 1.63. The molecule has 0 spiro atoms. The maximum absolute atomic E-state index is 13.7. The summed E-state index contributed by atoms with van der Waals surface area (Å²) in [5.74, 6) is -1.30. The van der Waals surface area contributed by atoms with E-state index < -0.39 is 17.7 Å². The molecule has 8 heteroatoms. The van der Waals surface area contributed by atoms with E-state index in [0.717, 1.165) is 5.56 Å². The number of halogens is 2. The summed E-state index contributed by atoms with van der Waals surface area (Å²) in [6, 6.07) is 13.2. The Morgan fingerprint density at radius 3 is 2.52 bits per heavy atom. The molecule has 0 N–H and O–H groups in total. The van der Waals surface area contributed by atoms with Crippen LogP contribution in [-0.2, 0) is 24.4 Å². The van der Waals surface area contributed by atoms with E-state index in [-0.39, 0.29) is 18.7 Å². The quantitative estimate of drug-likeness (QED) is 0.666. The van der Waals surface area contributed by atoms with Gasteiger partial charge < -0.3 is 9.64 Å². The largest absolute Gasteiger partial charge is 0.443 e. The van der Waals surface area contributed by atoms with E-state index in [1.165, 1.54) is 34.0 Å². The van der Waals surface area contributed by atoms with Crippen LogP contribution in [-0.4, -0.2) is 33.0 Å². The van der Waals surface area contributed by atoms with Crippen molar-refractivity contribution in [3.63, 3.8) is 0 Å². The zero-order valence-corrected chi connectivity index (χ0v) is 14.7. The van der Waals surface area contributed by atoms with Crippen LogP contribution in [0.3, 0.4) is 0 Å². The van der Waals surface area contributed by atoms with Crippen LogP contribution in [0.4, 0.5) is 13.6 Å². The van der Waals surface area contributed by atoms with E-state index in [4.69, 9.17) is 4.74 Å². The number of aromatic nitrogens is 3. The molecule has 140 valence electrons. The normalized spacial score (nSPS) is 10.6. The Balaban J connectivity index is 1.54. The third-order valence-corrected chi connectivity index (χ3v) is 3.89. The first kappa shape index (κ1) is 18.5. The second kappa shape index (κ2) is 8.39. The van der Waals surface area contributed by atoms with Crippen LogP contribution in [0.15, 0.2) is 54.7 Å². The average molecular weight is 372 g/mol. The Morgan fingerprint density at radius 1 is 1.11 bits per heavy atom. The molecule has 3 rings (SSSR count). The molecular weight excluding hydrogens is 354 g/mol. The van der Waals surface area contributed by atoms with Crippen molar-refractivity contribution in [3.8, 4) is 0 Å². The third kappa shape index (κ3) is 4.87. The van der Waals surface area contributed by atoms with Crippen LogP contribution in [0.25, 0.3) is 0 Å². The van der Waals surface area contributed by atoms with Gasteiger partial charge in [-0.2, -0.15) is 0 Å². The van der Waals surface area contributed by atoms with Crippen LogP contribution in [0.5, 0.6) is 0 Å². The van der Waals surface area contributed by atoms with Crippen LogP contribution in [0.2, 0.25) is 0 Å². The monoisotopic (exact) mass is 372 g/mol. The molecule has 1 amide bonds. The minimum absolute atomic E-state index is 0.0856. The highest BCUT2D eigenvalue weighted by Gasteiger charge is 2.13. The van der Waals surface area contributed by atoms with Gasteiger partial charge in [0.25, 0.3) is 0 Å². The fraction of sp³-hybridized carbons (Fsp3) is 0.211. The molecule has 6 nitrogen and oxygen atoms in total. The first-order valence-electron chi connectivity index (χ1n) is 8.26. The molecule has 0 aliphatic heterocycles. The summed E-state index contributed by atoms with van der Waals surface area (Å²) < 4.78 is 33.9. The van der Waals surface area contributed by atoms with Gasteiger partial charge in [-0.15, -0.1) is 5.10 Å². The van der Waals surface area contributed by atoms with Gasteiger partial charge in [0.1, 0.15) is 23.9 Å². The van der Waals surface area contributed by atoms with Gasteiger partial charge in [0.15, 0.2) is 0 Å². The molecule has 1 aromatic heterocycles. The number of nitrogens with zero attached hydrogens (tertiary/aromatic N) is 4. The molecule has 0 unspecified atom stereocenters. The van der Waals surface area contributed by atoms with E-state index in [0.29, 0.717) is 12.2 Å². The lowest BCUT2D eigenvalue weighted by molar-refractivity contribution is 0.101. The fourth-order valence-corrected chi connectivity index (χ4v) is 2.50. The molecular formula is C19H18F2N4O2. The van der Waals surface area contributed by atoms with Crippen molar-refractivity contribution < 1.29 is 18.3 Å². The number of benzene rings is 2. The highest BCUT2D eigenvalue weighted by atomic mass is 19.1. The molecule has 0 aliphatic rings. The smallest absolute Gasteiger partial charge is 0.410 e. The predicted molar refractivity (Wildman–Crippen MR) is 93.6 cm³/mol. The van der Waals surface area contributed by atoms with Gasteiger partial charge in [-0.05, 0) is 17.7 Å². The molecule has 0 saturated carbocycles. The summed E-state index contributed by atoms with van der Waals surface area (Å²) in [4.78, 5) is 13.5. The Hall–Kier alpha value is -3.29. The van der Waals surface area contributed by atoms with Crippen LogP contribution < -0.4 is 0 Å².